The molecule has 1 aliphatic heterocycles. The number of rotatable bonds is 4. The van der Waals surface area contributed by atoms with Crippen LogP contribution < -0.4 is 0 Å². The topological polar surface area (TPSA) is 62.4 Å². The largest absolute Gasteiger partial charge is 0.395 e. The third-order valence-electron chi connectivity index (χ3n) is 3.55. The van der Waals surface area contributed by atoms with Gasteiger partial charge in [0.2, 0.25) is 11.7 Å². The second-order valence-corrected chi connectivity index (χ2v) is 4.83. The number of aliphatic hydroxyl groups is 1. The minimum Gasteiger partial charge on any atom is -0.395 e. The van der Waals surface area contributed by atoms with Gasteiger partial charge in [-0.3, -0.25) is 4.90 Å². The summed E-state index contributed by atoms with van der Waals surface area (Å²) >= 11 is 0. The summed E-state index contributed by atoms with van der Waals surface area (Å²) in [7, 11) is 0. The first-order chi connectivity index (χ1) is 9.36. The van der Waals surface area contributed by atoms with E-state index in [1.54, 1.807) is 0 Å². The number of likely N-dealkylation sites (tertiary alicyclic amines) is 1. The molecule has 1 fully saturated rings. The van der Waals surface area contributed by atoms with Gasteiger partial charge in [0.1, 0.15) is 0 Å². The lowest BCUT2D eigenvalue weighted by molar-refractivity contribution is 0.141. The molecule has 1 aromatic carbocycles. The van der Waals surface area contributed by atoms with E-state index < -0.39 is 0 Å². The maximum atomic E-state index is 9.29. The van der Waals surface area contributed by atoms with Gasteiger partial charge in [-0.2, -0.15) is 4.98 Å². The lowest BCUT2D eigenvalue weighted by Gasteiger charge is -2.20. The minimum absolute atomic E-state index is 0.194. The first-order valence-electron chi connectivity index (χ1n) is 6.60. The van der Waals surface area contributed by atoms with E-state index in [2.05, 4.69) is 15.0 Å². The molecule has 1 aliphatic rings. The van der Waals surface area contributed by atoms with Crippen LogP contribution in [0.2, 0.25) is 0 Å². The Labute approximate surface area is 111 Å². The Morgan fingerprint density at radius 1 is 1.32 bits per heavy atom. The summed E-state index contributed by atoms with van der Waals surface area (Å²) in [4.78, 5) is 6.61. The number of nitrogens with zero attached hydrogens (tertiary/aromatic N) is 3. The van der Waals surface area contributed by atoms with Crippen molar-refractivity contribution in [2.75, 3.05) is 13.2 Å². The van der Waals surface area contributed by atoms with E-state index in [1.807, 2.05) is 30.3 Å². The number of aromatic nitrogens is 2. The fourth-order valence-electron chi connectivity index (χ4n) is 2.51. The molecule has 1 N–H and O–H groups in total. The predicted molar refractivity (Wildman–Crippen MR) is 70.3 cm³/mol. The molecule has 0 radical (unpaired) electrons. The SMILES string of the molecule is OC[C@H]1CCCN1Cc1nc(-c2ccccc2)no1. The highest BCUT2D eigenvalue weighted by Crippen LogP contribution is 2.20. The van der Waals surface area contributed by atoms with Gasteiger partial charge in [0.25, 0.3) is 0 Å². The summed E-state index contributed by atoms with van der Waals surface area (Å²) < 4.78 is 5.29. The third-order valence-corrected chi connectivity index (χ3v) is 3.55. The van der Waals surface area contributed by atoms with E-state index in [1.165, 1.54) is 0 Å². The first kappa shape index (κ1) is 12.3. The fraction of sp³-hybridized carbons (Fsp3) is 0.429. The molecule has 0 bridgehead atoms. The average molecular weight is 259 g/mol. The molecular formula is C14H17N3O2. The molecule has 3 rings (SSSR count). The Balaban J connectivity index is 1.72. The highest BCUT2D eigenvalue weighted by atomic mass is 16.5. The van der Waals surface area contributed by atoms with Crippen LogP contribution in [-0.4, -0.2) is 39.3 Å². The Kier molecular flexibility index (Phi) is 3.57. The maximum Gasteiger partial charge on any atom is 0.241 e. The van der Waals surface area contributed by atoms with Crippen molar-refractivity contribution in [3.63, 3.8) is 0 Å². The van der Waals surface area contributed by atoms with Crippen molar-refractivity contribution < 1.29 is 9.63 Å². The lowest BCUT2D eigenvalue weighted by atomic mass is 10.2. The van der Waals surface area contributed by atoms with Crippen molar-refractivity contribution in [3.05, 3.63) is 36.2 Å². The van der Waals surface area contributed by atoms with Gasteiger partial charge in [-0.25, -0.2) is 0 Å². The Morgan fingerprint density at radius 2 is 2.16 bits per heavy atom. The quantitative estimate of drug-likeness (QED) is 0.905. The average Bonchev–Trinajstić information content (AvgIpc) is 3.09. The van der Waals surface area contributed by atoms with Crippen molar-refractivity contribution >= 4 is 0 Å². The van der Waals surface area contributed by atoms with Crippen LogP contribution in [0.5, 0.6) is 0 Å². The lowest BCUT2D eigenvalue weighted by Crippen LogP contribution is -2.31. The van der Waals surface area contributed by atoms with Crippen molar-refractivity contribution in [2.24, 2.45) is 0 Å². The summed E-state index contributed by atoms with van der Waals surface area (Å²) in [6, 6.07) is 10.0. The van der Waals surface area contributed by atoms with E-state index >= 15 is 0 Å². The van der Waals surface area contributed by atoms with Crippen LogP contribution in [-0.2, 0) is 6.54 Å². The fourth-order valence-corrected chi connectivity index (χ4v) is 2.51. The molecule has 1 saturated heterocycles. The molecule has 5 nitrogen and oxygen atoms in total. The van der Waals surface area contributed by atoms with E-state index in [0.29, 0.717) is 18.3 Å². The smallest absolute Gasteiger partial charge is 0.241 e. The molecule has 2 heterocycles. The molecule has 1 atom stereocenters. The molecular weight excluding hydrogens is 242 g/mol. The van der Waals surface area contributed by atoms with Crippen LogP contribution in [0.3, 0.4) is 0 Å². The van der Waals surface area contributed by atoms with E-state index in [4.69, 9.17) is 4.52 Å². The van der Waals surface area contributed by atoms with Crippen LogP contribution >= 0.6 is 0 Å². The Hall–Kier alpha value is -1.72. The number of aliphatic hydroxyl groups excluding tert-OH is 1. The summed E-state index contributed by atoms with van der Waals surface area (Å²) in [6.45, 7) is 1.79. The number of hydrogen-bond donors (Lipinski definition) is 1. The summed E-state index contributed by atoms with van der Waals surface area (Å²) in [5.41, 5.74) is 0.956. The Bertz CT molecular complexity index is 526. The van der Waals surface area contributed by atoms with Crippen LogP contribution in [0.25, 0.3) is 11.4 Å². The molecule has 5 heteroatoms. The molecule has 0 unspecified atom stereocenters. The maximum absolute atomic E-state index is 9.29. The second-order valence-electron chi connectivity index (χ2n) is 4.83. The molecule has 100 valence electrons. The second kappa shape index (κ2) is 5.50. The number of benzene rings is 1. The van der Waals surface area contributed by atoms with Gasteiger partial charge in [0, 0.05) is 11.6 Å². The van der Waals surface area contributed by atoms with Gasteiger partial charge in [-0.05, 0) is 19.4 Å². The molecule has 0 saturated carbocycles. The van der Waals surface area contributed by atoms with E-state index in [9.17, 15) is 5.11 Å². The van der Waals surface area contributed by atoms with Gasteiger partial charge < -0.3 is 9.63 Å². The van der Waals surface area contributed by atoms with Crippen molar-refractivity contribution in [1.82, 2.24) is 15.0 Å². The zero-order valence-electron chi connectivity index (χ0n) is 10.7. The number of hydrogen-bond acceptors (Lipinski definition) is 5. The molecule has 0 amide bonds. The Morgan fingerprint density at radius 3 is 2.95 bits per heavy atom. The standard InChI is InChI=1S/C14H17N3O2/c18-10-12-7-4-8-17(12)9-13-15-14(16-19-13)11-5-2-1-3-6-11/h1-3,5-6,12,18H,4,7-10H2/t12-/m1/s1. The molecule has 19 heavy (non-hydrogen) atoms. The van der Waals surface area contributed by atoms with Gasteiger partial charge >= 0.3 is 0 Å². The van der Waals surface area contributed by atoms with Gasteiger partial charge in [-0.15, -0.1) is 0 Å². The minimum atomic E-state index is 0.194. The predicted octanol–water partition coefficient (Wildman–Crippen LogP) is 1.69. The molecule has 0 spiro atoms. The van der Waals surface area contributed by atoms with Crippen LogP contribution in [0, 0.1) is 0 Å². The van der Waals surface area contributed by atoms with Gasteiger partial charge in [0.05, 0.1) is 13.2 Å². The highest BCUT2D eigenvalue weighted by molar-refractivity contribution is 5.53. The summed E-state index contributed by atoms with van der Waals surface area (Å²) in [5, 5.41) is 13.3. The molecule has 1 aromatic heterocycles. The monoisotopic (exact) mass is 259 g/mol. The van der Waals surface area contributed by atoms with Crippen LogP contribution in [0.1, 0.15) is 18.7 Å². The zero-order chi connectivity index (χ0) is 13.1. The molecule has 0 aliphatic carbocycles. The zero-order valence-corrected chi connectivity index (χ0v) is 10.7. The van der Waals surface area contributed by atoms with E-state index in [-0.39, 0.29) is 12.6 Å². The van der Waals surface area contributed by atoms with Crippen LogP contribution in [0.15, 0.2) is 34.9 Å². The highest BCUT2D eigenvalue weighted by Gasteiger charge is 2.25. The summed E-state index contributed by atoms with van der Waals surface area (Å²) in [5.74, 6) is 1.23. The van der Waals surface area contributed by atoms with Gasteiger partial charge in [0.15, 0.2) is 0 Å². The van der Waals surface area contributed by atoms with Gasteiger partial charge in [-0.1, -0.05) is 35.5 Å². The normalized spacial score (nSPS) is 19.9. The molecule has 2 aromatic rings. The summed E-state index contributed by atoms with van der Waals surface area (Å²) in [6.07, 6.45) is 2.15. The van der Waals surface area contributed by atoms with E-state index in [0.717, 1.165) is 24.9 Å². The van der Waals surface area contributed by atoms with Crippen molar-refractivity contribution in [3.8, 4) is 11.4 Å². The van der Waals surface area contributed by atoms with Crippen molar-refractivity contribution in [1.29, 1.82) is 0 Å². The van der Waals surface area contributed by atoms with Crippen LogP contribution in [0.4, 0.5) is 0 Å². The first-order valence-corrected chi connectivity index (χ1v) is 6.60. The third kappa shape index (κ3) is 2.67. The van der Waals surface area contributed by atoms with Crippen molar-refractivity contribution in [2.45, 2.75) is 25.4 Å².